The molecule has 0 saturated heterocycles. The normalized spacial score (nSPS) is 11.1. The second-order valence-electron chi connectivity index (χ2n) is 6.17. The van der Waals surface area contributed by atoms with E-state index >= 15 is 0 Å². The van der Waals surface area contributed by atoms with E-state index < -0.39 is 0 Å². The highest BCUT2D eigenvalue weighted by atomic mass is 19.1. The van der Waals surface area contributed by atoms with Crippen LogP contribution in [0.15, 0.2) is 65.9 Å². The molecule has 2 N–H and O–H groups in total. The zero-order valence-corrected chi connectivity index (χ0v) is 15.6. The number of hydrogen-bond acceptors (Lipinski definition) is 3. The highest BCUT2D eigenvalue weighted by molar-refractivity contribution is 5.79. The van der Waals surface area contributed by atoms with E-state index in [1.165, 1.54) is 18.2 Å². The van der Waals surface area contributed by atoms with Gasteiger partial charge < -0.3 is 10.6 Å². The number of aliphatic imine (C=N–C) groups is 1. The zero-order valence-electron chi connectivity index (χ0n) is 15.6. The predicted molar refractivity (Wildman–Crippen MR) is 106 cm³/mol. The largest absolute Gasteiger partial charge is 0.352 e. The van der Waals surface area contributed by atoms with Gasteiger partial charge in [0.15, 0.2) is 5.96 Å². The minimum atomic E-state index is -0.355. The molecular formula is C21H21FN6. The predicted octanol–water partition coefficient (Wildman–Crippen LogP) is 2.81. The van der Waals surface area contributed by atoms with Gasteiger partial charge in [-0.1, -0.05) is 24.3 Å². The molecule has 0 saturated carbocycles. The van der Waals surface area contributed by atoms with Gasteiger partial charge in [-0.25, -0.2) is 4.39 Å². The van der Waals surface area contributed by atoms with E-state index in [-0.39, 0.29) is 12.4 Å². The van der Waals surface area contributed by atoms with Crippen molar-refractivity contribution in [2.45, 2.75) is 19.6 Å². The number of hydrogen-bond donors (Lipinski definition) is 2. The van der Waals surface area contributed by atoms with Gasteiger partial charge in [0.2, 0.25) is 0 Å². The first-order valence-electron chi connectivity index (χ1n) is 8.87. The third kappa shape index (κ3) is 4.95. The SMILES string of the molecule is CN=C(NCc1cc(C#N)ccc1F)NCc1ccccc1Cn1cccn1. The number of guanidine groups is 1. The summed E-state index contributed by atoms with van der Waals surface area (Å²) >= 11 is 0. The smallest absolute Gasteiger partial charge is 0.191 e. The Morgan fingerprint density at radius 1 is 1.11 bits per heavy atom. The van der Waals surface area contributed by atoms with Crippen LogP contribution in [0.3, 0.4) is 0 Å². The van der Waals surface area contributed by atoms with E-state index in [0.717, 1.165) is 11.1 Å². The Hall–Kier alpha value is -3.66. The van der Waals surface area contributed by atoms with Crippen LogP contribution in [0.1, 0.15) is 22.3 Å². The summed E-state index contributed by atoms with van der Waals surface area (Å²) < 4.78 is 15.8. The first-order chi connectivity index (χ1) is 13.7. The number of nitrogens with zero attached hydrogens (tertiary/aromatic N) is 4. The molecule has 0 aliphatic heterocycles. The molecule has 28 heavy (non-hydrogen) atoms. The van der Waals surface area contributed by atoms with Gasteiger partial charge in [-0.3, -0.25) is 9.67 Å². The maximum atomic E-state index is 13.9. The van der Waals surface area contributed by atoms with Crippen LogP contribution in [0.25, 0.3) is 0 Å². The summed E-state index contributed by atoms with van der Waals surface area (Å²) in [6.07, 6.45) is 3.68. The first kappa shape index (κ1) is 19.1. The molecule has 3 rings (SSSR count). The molecule has 1 aromatic heterocycles. The summed E-state index contributed by atoms with van der Waals surface area (Å²) in [6, 6.07) is 16.3. The maximum Gasteiger partial charge on any atom is 0.191 e. The highest BCUT2D eigenvalue weighted by Gasteiger charge is 2.07. The number of nitriles is 1. The summed E-state index contributed by atoms with van der Waals surface area (Å²) in [5.74, 6) is 0.196. The van der Waals surface area contributed by atoms with Crippen LogP contribution in [0.2, 0.25) is 0 Å². The number of nitrogens with one attached hydrogen (secondary N) is 2. The van der Waals surface area contributed by atoms with Crippen LogP contribution in [0, 0.1) is 17.1 Å². The molecule has 0 spiro atoms. The molecule has 0 fully saturated rings. The lowest BCUT2D eigenvalue weighted by Gasteiger charge is -2.15. The number of aromatic nitrogens is 2. The molecule has 0 radical (unpaired) electrons. The fourth-order valence-corrected chi connectivity index (χ4v) is 2.81. The van der Waals surface area contributed by atoms with Crippen molar-refractivity contribution >= 4 is 5.96 Å². The van der Waals surface area contributed by atoms with Crippen LogP contribution in [0.5, 0.6) is 0 Å². The quantitative estimate of drug-likeness (QED) is 0.512. The lowest BCUT2D eigenvalue weighted by atomic mass is 10.1. The Balaban J connectivity index is 1.61. The van der Waals surface area contributed by atoms with Gasteiger partial charge >= 0.3 is 0 Å². The van der Waals surface area contributed by atoms with Crippen molar-refractivity contribution in [2.75, 3.05) is 7.05 Å². The molecule has 2 aromatic carbocycles. The fourth-order valence-electron chi connectivity index (χ4n) is 2.81. The standard InChI is InChI=1S/C21H21FN6/c1-24-21(26-14-19-11-16(12-23)7-8-20(19)22)25-13-17-5-2-3-6-18(17)15-28-10-4-9-27-28/h2-11H,13-15H2,1H3,(H2,24,25,26). The Labute approximate surface area is 163 Å². The first-order valence-corrected chi connectivity index (χ1v) is 8.87. The molecule has 0 amide bonds. The van der Waals surface area contributed by atoms with Crippen molar-refractivity contribution < 1.29 is 4.39 Å². The van der Waals surface area contributed by atoms with E-state index in [0.29, 0.717) is 30.2 Å². The van der Waals surface area contributed by atoms with Gasteiger partial charge in [0, 0.05) is 38.1 Å². The Morgan fingerprint density at radius 3 is 2.54 bits per heavy atom. The summed E-state index contributed by atoms with van der Waals surface area (Å²) in [4.78, 5) is 4.19. The lowest BCUT2D eigenvalue weighted by molar-refractivity contribution is 0.604. The van der Waals surface area contributed by atoms with Gasteiger partial charge in [-0.15, -0.1) is 0 Å². The Bertz CT molecular complexity index is 988. The molecule has 0 unspecified atom stereocenters. The average Bonchev–Trinajstić information content (AvgIpc) is 3.23. The maximum absolute atomic E-state index is 13.9. The number of rotatable bonds is 6. The summed E-state index contributed by atoms with van der Waals surface area (Å²) in [6.45, 7) is 1.48. The zero-order chi connectivity index (χ0) is 19.8. The van der Waals surface area contributed by atoms with Crippen molar-refractivity contribution in [1.29, 1.82) is 5.26 Å². The van der Waals surface area contributed by atoms with Crippen molar-refractivity contribution in [3.05, 3.63) is 89.0 Å². The molecular weight excluding hydrogens is 355 g/mol. The average molecular weight is 376 g/mol. The second-order valence-corrected chi connectivity index (χ2v) is 6.17. The van der Waals surface area contributed by atoms with Gasteiger partial charge in [0.1, 0.15) is 5.82 Å². The summed E-state index contributed by atoms with van der Waals surface area (Å²) in [7, 11) is 1.66. The fraction of sp³-hybridized carbons (Fsp3) is 0.190. The molecule has 6 nitrogen and oxygen atoms in total. The van der Waals surface area contributed by atoms with E-state index in [1.807, 2.05) is 35.1 Å². The Morgan fingerprint density at radius 2 is 1.86 bits per heavy atom. The topological polar surface area (TPSA) is 78.0 Å². The van der Waals surface area contributed by atoms with Crippen molar-refractivity contribution in [3.8, 4) is 6.07 Å². The highest BCUT2D eigenvalue weighted by Crippen LogP contribution is 2.11. The van der Waals surface area contributed by atoms with E-state index in [2.05, 4.69) is 32.9 Å². The summed E-state index contributed by atoms with van der Waals surface area (Å²) in [5, 5.41) is 19.6. The molecule has 1 heterocycles. The van der Waals surface area contributed by atoms with E-state index in [1.54, 1.807) is 13.2 Å². The third-order valence-corrected chi connectivity index (χ3v) is 4.30. The minimum absolute atomic E-state index is 0.232. The third-order valence-electron chi connectivity index (χ3n) is 4.30. The van der Waals surface area contributed by atoms with Crippen LogP contribution in [0.4, 0.5) is 4.39 Å². The monoisotopic (exact) mass is 376 g/mol. The van der Waals surface area contributed by atoms with Crippen molar-refractivity contribution in [3.63, 3.8) is 0 Å². The summed E-state index contributed by atoms with van der Waals surface area (Å²) in [5.41, 5.74) is 3.12. The van der Waals surface area contributed by atoms with Gasteiger partial charge in [0.25, 0.3) is 0 Å². The second kappa shape index (κ2) is 9.33. The van der Waals surface area contributed by atoms with Crippen LogP contribution < -0.4 is 10.6 Å². The van der Waals surface area contributed by atoms with Gasteiger partial charge in [0.05, 0.1) is 18.2 Å². The Kier molecular flexibility index (Phi) is 6.37. The van der Waals surface area contributed by atoms with Crippen LogP contribution in [-0.2, 0) is 19.6 Å². The molecule has 0 aliphatic carbocycles. The van der Waals surface area contributed by atoms with Crippen LogP contribution >= 0.6 is 0 Å². The molecule has 0 atom stereocenters. The van der Waals surface area contributed by atoms with Gasteiger partial charge in [-0.2, -0.15) is 10.4 Å². The van der Waals surface area contributed by atoms with E-state index in [9.17, 15) is 4.39 Å². The molecule has 7 heteroatoms. The molecule has 0 aliphatic rings. The molecule has 142 valence electrons. The van der Waals surface area contributed by atoms with Crippen molar-refractivity contribution in [2.24, 2.45) is 4.99 Å². The van der Waals surface area contributed by atoms with Crippen LogP contribution in [-0.4, -0.2) is 22.8 Å². The van der Waals surface area contributed by atoms with Gasteiger partial charge in [-0.05, 0) is 35.4 Å². The lowest BCUT2D eigenvalue weighted by Crippen LogP contribution is -2.36. The van der Waals surface area contributed by atoms with E-state index in [4.69, 9.17) is 5.26 Å². The number of halogens is 1. The minimum Gasteiger partial charge on any atom is -0.352 e. The van der Waals surface area contributed by atoms with Crippen molar-refractivity contribution in [1.82, 2.24) is 20.4 Å². The molecule has 3 aromatic rings. The number of benzene rings is 2. The molecule has 0 bridgehead atoms.